The second-order valence-electron chi connectivity index (χ2n) is 16.8. The second kappa shape index (κ2) is 48.2. The van der Waals surface area contributed by atoms with Crippen molar-refractivity contribution in [2.45, 2.75) is 296 Å². The van der Waals surface area contributed by atoms with Crippen LogP contribution in [0.2, 0.25) is 0 Å². The van der Waals surface area contributed by atoms with Crippen molar-refractivity contribution in [2.75, 3.05) is 6.61 Å². The number of hydrogen-bond donors (Lipinski definition) is 0. The van der Waals surface area contributed by atoms with Crippen molar-refractivity contribution in [3.63, 3.8) is 0 Å². The number of hydrogen-bond acceptors (Lipinski definition) is 2. The molecule has 0 atom stereocenters. The van der Waals surface area contributed by atoms with E-state index >= 15 is 0 Å². The van der Waals surface area contributed by atoms with Gasteiger partial charge < -0.3 is 4.74 Å². The lowest BCUT2D eigenvalue weighted by atomic mass is 10.0. The highest BCUT2D eigenvalue weighted by molar-refractivity contribution is 5.69. The molecule has 0 heterocycles. The van der Waals surface area contributed by atoms with Crippen LogP contribution in [-0.4, -0.2) is 12.6 Å². The lowest BCUT2D eigenvalue weighted by Gasteiger charge is -2.06. The van der Waals surface area contributed by atoms with Gasteiger partial charge in [-0.05, 0) is 38.5 Å². The van der Waals surface area contributed by atoms with E-state index in [9.17, 15) is 4.79 Å². The maximum Gasteiger partial charge on any atom is 0.305 e. The first-order chi connectivity index (χ1) is 25.8. The lowest BCUT2D eigenvalue weighted by Crippen LogP contribution is -2.05. The molecule has 0 saturated carbocycles. The molecular weight excluding hydrogens is 633 g/mol. The van der Waals surface area contributed by atoms with Crippen LogP contribution in [0.5, 0.6) is 0 Å². The largest absolute Gasteiger partial charge is 0.466 e. The molecule has 0 radical (unpaired) electrons. The highest BCUT2D eigenvalue weighted by Gasteiger charge is 2.03. The van der Waals surface area contributed by atoms with Gasteiger partial charge in [0.1, 0.15) is 0 Å². The molecule has 0 spiro atoms. The van der Waals surface area contributed by atoms with Crippen LogP contribution in [-0.2, 0) is 9.53 Å². The normalized spacial score (nSPS) is 11.7. The summed E-state index contributed by atoms with van der Waals surface area (Å²) in [6.07, 6.45) is 64.9. The Labute approximate surface area is 329 Å². The third-order valence-electron chi connectivity index (χ3n) is 11.4. The first kappa shape index (κ1) is 51.2. The summed E-state index contributed by atoms with van der Waals surface area (Å²) >= 11 is 0. The molecule has 0 aliphatic carbocycles. The molecule has 0 aliphatic heterocycles. The van der Waals surface area contributed by atoms with E-state index in [1.807, 2.05) is 0 Å². The Morgan fingerprint density at radius 1 is 0.308 bits per heavy atom. The summed E-state index contributed by atoms with van der Waals surface area (Å²) in [4.78, 5) is 12.0. The second-order valence-corrected chi connectivity index (χ2v) is 16.8. The van der Waals surface area contributed by atoms with Gasteiger partial charge in [0.25, 0.3) is 0 Å². The Balaban J connectivity index is 3.15. The molecule has 0 unspecified atom stereocenters. The summed E-state index contributed by atoms with van der Waals surface area (Å²) < 4.78 is 5.48. The molecule has 2 nitrogen and oxygen atoms in total. The molecule has 0 bridgehead atoms. The smallest absolute Gasteiger partial charge is 0.305 e. The minimum atomic E-state index is 0.0213. The zero-order valence-corrected chi connectivity index (χ0v) is 36.3. The summed E-state index contributed by atoms with van der Waals surface area (Å²) in [5.74, 6) is 0.0213. The van der Waals surface area contributed by atoms with E-state index in [2.05, 4.69) is 26.0 Å². The van der Waals surface area contributed by atoms with Crippen molar-refractivity contribution >= 4 is 5.97 Å². The molecule has 2 heteroatoms. The van der Waals surface area contributed by atoms with Crippen LogP contribution in [0.4, 0.5) is 0 Å². The third-order valence-corrected chi connectivity index (χ3v) is 11.4. The number of carbonyl (C=O) groups is 1. The Morgan fingerprint density at radius 2 is 0.538 bits per heavy atom. The van der Waals surface area contributed by atoms with Crippen LogP contribution >= 0.6 is 0 Å². The van der Waals surface area contributed by atoms with Crippen LogP contribution in [0, 0.1) is 0 Å². The van der Waals surface area contributed by atoms with E-state index in [-0.39, 0.29) is 5.97 Å². The van der Waals surface area contributed by atoms with Crippen molar-refractivity contribution in [2.24, 2.45) is 0 Å². The molecule has 52 heavy (non-hydrogen) atoms. The quantitative estimate of drug-likeness (QED) is 0.0354. The van der Waals surface area contributed by atoms with Gasteiger partial charge in [-0.15, -0.1) is 0 Å². The van der Waals surface area contributed by atoms with Crippen molar-refractivity contribution < 1.29 is 9.53 Å². The molecule has 0 N–H and O–H groups in total. The number of allylic oxidation sites excluding steroid dienone is 2. The monoisotopic (exact) mass is 731 g/mol. The maximum atomic E-state index is 12.0. The fourth-order valence-electron chi connectivity index (χ4n) is 7.72. The highest BCUT2D eigenvalue weighted by Crippen LogP contribution is 2.17. The SMILES string of the molecule is CCCCCCCCC=CCCCCCCCC(=O)OCCCCCCCCCCCCCCCCCCCCCCCCCCCCCCCC. The molecule has 0 amide bonds. The van der Waals surface area contributed by atoms with E-state index in [0.29, 0.717) is 13.0 Å². The molecule has 0 aromatic carbocycles. The van der Waals surface area contributed by atoms with Gasteiger partial charge in [-0.1, -0.05) is 264 Å². The van der Waals surface area contributed by atoms with Crippen LogP contribution in [0.25, 0.3) is 0 Å². The van der Waals surface area contributed by atoms with E-state index in [4.69, 9.17) is 4.74 Å². The van der Waals surface area contributed by atoms with E-state index in [0.717, 1.165) is 19.3 Å². The number of carbonyl (C=O) groups excluding carboxylic acids is 1. The van der Waals surface area contributed by atoms with Crippen LogP contribution < -0.4 is 0 Å². The predicted molar refractivity (Wildman–Crippen MR) is 235 cm³/mol. The molecule has 0 aromatic rings. The number of unbranched alkanes of at least 4 members (excludes halogenated alkanes) is 40. The number of esters is 1. The lowest BCUT2D eigenvalue weighted by molar-refractivity contribution is -0.143. The molecule has 0 aliphatic rings. The Morgan fingerprint density at radius 3 is 0.827 bits per heavy atom. The van der Waals surface area contributed by atoms with E-state index in [1.54, 1.807) is 0 Å². The van der Waals surface area contributed by atoms with E-state index < -0.39 is 0 Å². The predicted octanol–water partition coefficient (Wildman–Crippen LogP) is 18.3. The summed E-state index contributed by atoms with van der Waals surface area (Å²) in [5.41, 5.74) is 0. The fourth-order valence-corrected chi connectivity index (χ4v) is 7.72. The van der Waals surface area contributed by atoms with Gasteiger partial charge in [0.15, 0.2) is 0 Å². The van der Waals surface area contributed by atoms with Crippen LogP contribution in [0.1, 0.15) is 296 Å². The first-order valence-electron chi connectivity index (χ1n) is 24.6. The van der Waals surface area contributed by atoms with Gasteiger partial charge >= 0.3 is 5.97 Å². The van der Waals surface area contributed by atoms with Gasteiger partial charge in [0, 0.05) is 6.42 Å². The minimum Gasteiger partial charge on any atom is -0.466 e. The topological polar surface area (TPSA) is 26.3 Å². The third kappa shape index (κ3) is 47.2. The van der Waals surface area contributed by atoms with Crippen molar-refractivity contribution in [1.29, 1.82) is 0 Å². The molecule has 310 valence electrons. The zero-order chi connectivity index (χ0) is 37.5. The van der Waals surface area contributed by atoms with Crippen LogP contribution in [0.3, 0.4) is 0 Å². The Hall–Kier alpha value is -0.790. The molecule has 0 saturated heterocycles. The highest BCUT2D eigenvalue weighted by atomic mass is 16.5. The summed E-state index contributed by atoms with van der Waals surface area (Å²) in [6.45, 7) is 5.22. The van der Waals surface area contributed by atoms with Gasteiger partial charge in [-0.3, -0.25) is 4.79 Å². The van der Waals surface area contributed by atoms with Crippen molar-refractivity contribution in [1.82, 2.24) is 0 Å². The molecule has 0 fully saturated rings. The molecular formula is C50H98O2. The van der Waals surface area contributed by atoms with Gasteiger partial charge in [-0.25, -0.2) is 0 Å². The zero-order valence-electron chi connectivity index (χ0n) is 36.3. The summed E-state index contributed by atoms with van der Waals surface area (Å²) in [5, 5.41) is 0. The standard InChI is InChI=1S/C50H98O2/c1-3-5-7-9-11-13-15-17-19-20-21-22-23-24-25-26-27-28-29-30-31-32-33-35-37-39-41-43-45-47-49-52-50(51)48-46-44-42-40-38-36-34-18-16-14-12-10-8-6-4-2/h18,34H,3-17,19-33,35-49H2,1-2H3. The molecule has 0 rings (SSSR count). The van der Waals surface area contributed by atoms with Gasteiger partial charge in [0.2, 0.25) is 0 Å². The summed E-state index contributed by atoms with van der Waals surface area (Å²) in [6, 6.07) is 0. The first-order valence-corrected chi connectivity index (χ1v) is 24.6. The number of rotatable bonds is 46. The van der Waals surface area contributed by atoms with Crippen molar-refractivity contribution in [3.8, 4) is 0 Å². The maximum absolute atomic E-state index is 12.0. The fraction of sp³-hybridized carbons (Fsp3) is 0.940. The Bertz CT molecular complexity index is 669. The van der Waals surface area contributed by atoms with Crippen molar-refractivity contribution in [3.05, 3.63) is 12.2 Å². The summed E-state index contributed by atoms with van der Waals surface area (Å²) in [7, 11) is 0. The molecule has 0 aromatic heterocycles. The minimum absolute atomic E-state index is 0.0213. The van der Waals surface area contributed by atoms with E-state index in [1.165, 1.54) is 257 Å². The van der Waals surface area contributed by atoms with Gasteiger partial charge in [-0.2, -0.15) is 0 Å². The van der Waals surface area contributed by atoms with Gasteiger partial charge in [0.05, 0.1) is 6.61 Å². The van der Waals surface area contributed by atoms with Crippen LogP contribution in [0.15, 0.2) is 12.2 Å². The number of ether oxygens (including phenoxy) is 1. The average Bonchev–Trinajstić information content (AvgIpc) is 3.15. The Kier molecular flexibility index (Phi) is 47.5. The average molecular weight is 731 g/mol.